The molecular weight excluding hydrogens is 210 g/mol. The van der Waals surface area contributed by atoms with E-state index in [2.05, 4.69) is 32.7 Å². The zero-order valence-corrected chi connectivity index (χ0v) is 11.8. The molecule has 0 aromatic heterocycles. The fourth-order valence-corrected chi connectivity index (χ4v) is 2.02. The molecule has 0 spiro atoms. The van der Waals surface area contributed by atoms with E-state index in [4.69, 9.17) is 0 Å². The van der Waals surface area contributed by atoms with Crippen LogP contribution in [0.2, 0.25) is 0 Å². The third-order valence-electron chi connectivity index (χ3n) is 3.70. The fourth-order valence-electron chi connectivity index (χ4n) is 2.02. The van der Waals surface area contributed by atoms with Crippen molar-refractivity contribution >= 4 is 5.91 Å². The molecule has 17 heavy (non-hydrogen) atoms. The lowest BCUT2D eigenvalue weighted by atomic mass is 9.79. The lowest BCUT2D eigenvalue weighted by Gasteiger charge is -2.28. The van der Waals surface area contributed by atoms with Gasteiger partial charge in [0.15, 0.2) is 0 Å². The third kappa shape index (κ3) is 8.00. The normalized spacial score (nSPS) is 14.1. The van der Waals surface area contributed by atoms with Crippen LogP contribution in [0.15, 0.2) is 12.7 Å². The molecule has 0 aromatic rings. The summed E-state index contributed by atoms with van der Waals surface area (Å²) in [6.45, 7) is 11.0. The van der Waals surface area contributed by atoms with Gasteiger partial charge in [-0.2, -0.15) is 0 Å². The van der Waals surface area contributed by atoms with Crippen molar-refractivity contribution in [2.45, 2.75) is 65.7 Å². The van der Waals surface area contributed by atoms with Gasteiger partial charge < -0.3 is 5.32 Å². The average molecular weight is 239 g/mol. The van der Waals surface area contributed by atoms with Crippen LogP contribution in [-0.4, -0.2) is 12.5 Å². The fraction of sp³-hybridized carbons (Fsp3) is 0.800. The SMILES string of the molecule is C=CC(=O)NCCC(C)(CC)CCCCCC. The number of hydrogen-bond donors (Lipinski definition) is 1. The quantitative estimate of drug-likeness (QED) is 0.452. The lowest BCUT2D eigenvalue weighted by Crippen LogP contribution is -2.27. The molecule has 1 N–H and O–H groups in total. The van der Waals surface area contributed by atoms with E-state index < -0.39 is 0 Å². The van der Waals surface area contributed by atoms with Crippen molar-refractivity contribution in [3.63, 3.8) is 0 Å². The van der Waals surface area contributed by atoms with Gasteiger partial charge in [-0.15, -0.1) is 0 Å². The summed E-state index contributed by atoms with van der Waals surface area (Å²) in [5.74, 6) is -0.0607. The van der Waals surface area contributed by atoms with E-state index in [0.29, 0.717) is 5.41 Å². The first-order chi connectivity index (χ1) is 8.08. The molecule has 1 amide bonds. The van der Waals surface area contributed by atoms with E-state index in [-0.39, 0.29) is 5.91 Å². The van der Waals surface area contributed by atoms with Crippen molar-refractivity contribution in [2.24, 2.45) is 5.41 Å². The molecule has 2 heteroatoms. The first kappa shape index (κ1) is 16.2. The summed E-state index contributed by atoms with van der Waals surface area (Å²) < 4.78 is 0. The Bertz CT molecular complexity index is 225. The topological polar surface area (TPSA) is 29.1 Å². The summed E-state index contributed by atoms with van der Waals surface area (Å²) in [4.78, 5) is 11.1. The molecule has 0 aliphatic carbocycles. The molecule has 0 aliphatic rings. The zero-order valence-electron chi connectivity index (χ0n) is 11.8. The van der Waals surface area contributed by atoms with E-state index in [1.807, 2.05) is 0 Å². The maximum atomic E-state index is 11.1. The van der Waals surface area contributed by atoms with Crippen LogP contribution in [0, 0.1) is 5.41 Å². The van der Waals surface area contributed by atoms with Gasteiger partial charge in [-0.3, -0.25) is 4.79 Å². The Morgan fingerprint density at radius 2 is 1.94 bits per heavy atom. The van der Waals surface area contributed by atoms with Crippen LogP contribution in [0.1, 0.15) is 65.7 Å². The van der Waals surface area contributed by atoms with E-state index >= 15 is 0 Å². The minimum Gasteiger partial charge on any atom is -0.353 e. The van der Waals surface area contributed by atoms with E-state index in [0.717, 1.165) is 13.0 Å². The summed E-state index contributed by atoms with van der Waals surface area (Å²) in [6, 6.07) is 0. The predicted molar refractivity (Wildman–Crippen MR) is 75.0 cm³/mol. The summed E-state index contributed by atoms with van der Waals surface area (Å²) in [6.07, 6.45) is 10.1. The third-order valence-corrected chi connectivity index (χ3v) is 3.70. The molecule has 0 fully saturated rings. The van der Waals surface area contributed by atoms with Crippen LogP contribution < -0.4 is 5.32 Å². The number of carbonyl (C=O) groups excluding carboxylic acids is 1. The second kappa shape index (κ2) is 9.26. The molecule has 0 bridgehead atoms. The van der Waals surface area contributed by atoms with Crippen LogP contribution in [0.25, 0.3) is 0 Å². The number of rotatable bonds is 10. The molecule has 0 rings (SSSR count). The molecule has 0 saturated heterocycles. The Morgan fingerprint density at radius 3 is 2.47 bits per heavy atom. The first-order valence-electron chi connectivity index (χ1n) is 6.98. The minimum absolute atomic E-state index is 0.0607. The smallest absolute Gasteiger partial charge is 0.243 e. The first-order valence-corrected chi connectivity index (χ1v) is 6.98. The van der Waals surface area contributed by atoms with Gasteiger partial charge >= 0.3 is 0 Å². The van der Waals surface area contributed by atoms with E-state index in [9.17, 15) is 4.79 Å². The maximum Gasteiger partial charge on any atom is 0.243 e. The Labute approximate surface area is 107 Å². The van der Waals surface area contributed by atoms with Gasteiger partial charge in [-0.05, 0) is 24.3 Å². The van der Waals surface area contributed by atoms with Crippen molar-refractivity contribution in [1.82, 2.24) is 5.32 Å². The van der Waals surface area contributed by atoms with Gasteiger partial charge in [0.05, 0.1) is 0 Å². The minimum atomic E-state index is -0.0607. The maximum absolute atomic E-state index is 11.1. The second-order valence-electron chi connectivity index (χ2n) is 5.22. The van der Waals surface area contributed by atoms with E-state index in [1.54, 1.807) is 0 Å². The molecule has 0 aliphatic heterocycles. The Balaban J connectivity index is 3.83. The Morgan fingerprint density at radius 1 is 1.24 bits per heavy atom. The number of amides is 1. The molecule has 0 saturated carbocycles. The lowest BCUT2D eigenvalue weighted by molar-refractivity contribution is -0.116. The highest BCUT2D eigenvalue weighted by molar-refractivity contribution is 5.86. The van der Waals surface area contributed by atoms with Crippen molar-refractivity contribution in [1.29, 1.82) is 0 Å². The largest absolute Gasteiger partial charge is 0.353 e. The van der Waals surface area contributed by atoms with Gasteiger partial charge in [0.25, 0.3) is 0 Å². The summed E-state index contributed by atoms with van der Waals surface area (Å²) in [7, 11) is 0. The summed E-state index contributed by atoms with van der Waals surface area (Å²) in [5.41, 5.74) is 0.377. The molecule has 2 nitrogen and oxygen atoms in total. The van der Waals surface area contributed by atoms with Crippen LogP contribution in [0.5, 0.6) is 0 Å². The van der Waals surface area contributed by atoms with Crippen molar-refractivity contribution < 1.29 is 4.79 Å². The van der Waals surface area contributed by atoms with Crippen LogP contribution in [-0.2, 0) is 4.79 Å². The van der Waals surface area contributed by atoms with Crippen LogP contribution in [0.3, 0.4) is 0 Å². The van der Waals surface area contributed by atoms with Gasteiger partial charge in [-0.1, -0.05) is 59.5 Å². The van der Waals surface area contributed by atoms with E-state index in [1.165, 1.54) is 44.6 Å². The second-order valence-corrected chi connectivity index (χ2v) is 5.22. The highest BCUT2D eigenvalue weighted by Crippen LogP contribution is 2.31. The number of hydrogen-bond acceptors (Lipinski definition) is 1. The van der Waals surface area contributed by atoms with Crippen molar-refractivity contribution in [3.8, 4) is 0 Å². The number of unbranched alkanes of at least 4 members (excludes halogenated alkanes) is 3. The van der Waals surface area contributed by atoms with Crippen molar-refractivity contribution in [3.05, 3.63) is 12.7 Å². The summed E-state index contributed by atoms with van der Waals surface area (Å²) in [5, 5.41) is 2.87. The molecule has 0 radical (unpaired) electrons. The molecular formula is C15H29NO. The zero-order chi connectivity index (χ0) is 13.1. The highest BCUT2D eigenvalue weighted by atomic mass is 16.1. The molecule has 100 valence electrons. The van der Waals surface area contributed by atoms with Gasteiger partial charge in [0, 0.05) is 6.54 Å². The standard InChI is InChI=1S/C15H29NO/c1-5-8-9-10-11-15(4,7-3)12-13-16-14(17)6-2/h6H,2,5,7-13H2,1,3-4H3,(H,16,17). The Kier molecular flexibility index (Phi) is 8.83. The monoisotopic (exact) mass is 239 g/mol. The molecule has 1 atom stereocenters. The predicted octanol–water partition coefficient (Wildman–Crippen LogP) is 4.07. The molecule has 0 aromatic carbocycles. The Hall–Kier alpha value is -0.790. The van der Waals surface area contributed by atoms with Gasteiger partial charge in [0.2, 0.25) is 5.91 Å². The molecule has 0 heterocycles. The van der Waals surface area contributed by atoms with Crippen molar-refractivity contribution in [2.75, 3.05) is 6.54 Å². The summed E-state index contributed by atoms with van der Waals surface area (Å²) >= 11 is 0. The highest BCUT2D eigenvalue weighted by Gasteiger charge is 2.20. The number of carbonyl (C=O) groups is 1. The van der Waals surface area contributed by atoms with Gasteiger partial charge in [-0.25, -0.2) is 0 Å². The van der Waals surface area contributed by atoms with Crippen LogP contribution in [0.4, 0.5) is 0 Å². The average Bonchev–Trinajstić information content (AvgIpc) is 2.34. The number of nitrogens with one attached hydrogen (secondary N) is 1. The van der Waals surface area contributed by atoms with Crippen LogP contribution >= 0.6 is 0 Å². The molecule has 1 unspecified atom stereocenters. The van der Waals surface area contributed by atoms with Gasteiger partial charge in [0.1, 0.15) is 0 Å².